The van der Waals surface area contributed by atoms with Gasteiger partial charge in [-0.2, -0.15) is 5.10 Å². The van der Waals surface area contributed by atoms with Crippen LogP contribution in [0.3, 0.4) is 0 Å². The number of hydrogen-bond donors (Lipinski definition) is 5. The topological polar surface area (TPSA) is 122 Å². The number of carbonyl (C=O) groups excluding carboxylic acids is 1. The van der Waals surface area contributed by atoms with Crippen LogP contribution in [0.1, 0.15) is 22.8 Å². The molecule has 0 aromatic heterocycles. The Hall–Kier alpha value is -3.22. The predicted molar refractivity (Wildman–Crippen MR) is 79.2 cm³/mol. The molecule has 2 aromatic rings. The third-order valence-corrected chi connectivity index (χ3v) is 2.93. The first-order chi connectivity index (χ1) is 10.4. The van der Waals surface area contributed by atoms with Crippen molar-refractivity contribution in [3.05, 3.63) is 47.5 Å². The third kappa shape index (κ3) is 3.09. The van der Waals surface area contributed by atoms with Gasteiger partial charge in [-0.1, -0.05) is 6.07 Å². The Morgan fingerprint density at radius 2 is 1.64 bits per heavy atom. The van der Waals surface area contributed by atoms with E-state index in [1.807, 2.05) is 0 Å². The molecule has 0 bridgehead atoms. The minimum Gasteiger partial charge on any atom is -0.508 e. The van der Waals surface area contributed by atoms with E-state index in [0.717, 1.165) is 6.07 Å². The molecule has 1 amide bonds. The van der Waals surface area contributed by atoms with E-state index in [-0.39, 0.29) is 39.8 Å². The molecule has 2 aromatic carbocycles. The van der Waals surface area contributed by atoms with Crippen LogP contribution in [0, 0.1) is 0 Å². The average Bonchev–Trinajstić information content (AvgIpc) is 2.47. The molecule has 2 rings (SSSR count). The number of nitrogens with one attached hydrogen (secondary N) is 1. The van der Waals surface area contributed by atoms with Crippen molar-refractivity contribution in [2.24, 2.45) is 5.10 Å². The summed E-state index contributed by atoms with van der Waals surface area (Å²) in [5.41, 5.74) is 2.28. The van der Waals surface area contributed by atoms with E-state index in [0.29, 0.717) is 0 Å². The quantitative estimate of drug-likeness (QED) is 0.335. The third-order valence-electron chi connectivity index (χ3n) is 2.93. The zero-order chi connectivity index (χ0) is 16.3. The standard InChI is InChI=1S/C15H14N2O5/c1-8(14-12(20)3-2-4-13(14)21)16-17-15(22)10-7-9(18)5-6-11(10)19/h2-7,18-21H,1H3,(H,17,22)/b16-8+. The lowest BCUT2D eigenvalue weighted by atomic mass is 10.1. The molecular weight excluding hydrogens is 288 g/mol. The van der Waals surface area contributed by atoms with Crippen LogP contribution in [0.4, 0.5) is 0 Å². The summed E-state index contributed by atoms with van der Waals surface area (Å²) in [6.45, 7) is 1.48. The molecule has 0 radical (unpaired) electrons. The van der Waals surface area contributed by atoms with E-state index in [1.165, 1.54) is 37.3 Å². The number of aromatic hydroxyl groups is 4. The van der Waals surface area contributed by atoms with E-state index in [4.69, 9.17) is 0 Å². The minimum absolute atomic E-state index is 0.0860. The van der Waals surface area contributed by atoms with Crippen molar-refractivity contribution < 1.29 is 25.2 Å². The predicted octanol–water partition coefficient (Wildman–Crippen LogP) is 1.66. The maximum absolute atomic E-state index is 11.9. The van der Waals surface area contributed by atoms with Crippen LogP contribution in [0.5, 0.6) is 23.0 Å². The van der Waals surface area contributed by atoms with Crippen molar-refractivity contribution in [1.82, 2.24) is 5.43 Å². The Morgan fingerprint density at radius 1 is 1.00 bits per heavy atom. The number of phenolic OH excluding ortho intramolecular Hbond substituents is 4. The maximum Gasteiger partial charge on any atom is 0.275 e. The Balaban J connectivity index is 2.24. The summed E-state index contributed by atoms with van der Waals surface area (Å²) in [7, 11) is 0. The molecule has 0 saturated heterocycles. The van der Waals surface area contributed by atoms with Gasteiger partial charge in [0.2, 0.25) is 0 Å². The van der Waals surface area contributed by atoms with Crippen LogP contribution in [0.25, 0.3) is 0 Å². The Kier molecular flexibility index (Phi) is 4.17. The summed E-state index contributed by atoms with van der Waals surface area (Å²) in [4.78, 5) is 11.9. The Morgan fingerprint density at radius 3 is 2.27 bits per heavy atom. The van der Waals surface area contributed by atoms with Crippen LogP contribution < -0.4 is 5.43 Å². The highest BCUT2D eigenvalue weighted by Gasteiger charge is 2.13. The normalized spacial score (nSPS) is 11.2. The van der Waals surface area contributed by atoms with Gasteiger partial charge < -0.3 is 20.4 Å². The van der Waals surface area contributed by atoms with Crippen molar-refractivity contribution >= 4 is 11.6 Å². The minimum atomic E-state index is -0.748. The number of benzene rings is 2. The van der Waals surface area contributed by atoms with Crippen LogP contribution >= 0.6 is 0 Å². The zero-order valence-corrected chi connectivity index (χ0v) is 11.6. The van der Waals surface area contributed by atoms with Gasteiger partial charge >= 0.3 is 0 Å². The summed E-state index contributed by atoms with van der Waals surface area (Å²) in [5.74, 6) is -1.61. The monoisotopic (exact) mass is 302 g/mol. The van der Waals surface area contributed by atoms with E-state index >= 15 is 0 Å². The number of carbonyl (C=O) groups is 1. The summed E-state index contributed by atoms with van der Waals surface area (Å²) in [6, 6.07) is 7.71. The second-order valence-corrected chi connectivity index (χ2v) is 4.51. The molecule has 114 valence electrons. The lowest BCUT2D eigenvalue weighted by molar-refractivity contribution is 0.0951. The van der Waals surface area contributed by atoms with Crippen molar-refractivity contribution in [3.63, 3.8) is 0 Å². The molecule has 0 aliphatic rings. The maximum atomic E-state index is 11.9. The van der Waals surface area contributed by atoms with Crippen molar-refractivity contribution in [1.29, 1.82) is 0 Å². The lowest BCUT2D eigenvalue weighted by Crippen LogP contribution is -2.19. The molecule has 0 saturated carbocycles. The van der Waals surface area contributed by atoms with Crippen LogP contribution in [0.15, 0.2) is 41.5 Å². The van der Waals surface area contributed by atoms with Gasteiger partial charge in [-0.3, -0.25) is 4.79 Å². The summed E-state index contributed by atoms with van der Waals surface area (Å²) in [5, 5.41) is 42.1. The van der Waals surface area contributed by atoms with Gasteiger partial charge in [0.05, 0.1) is 16.8 Å². The van der Waals surface area contributed by atoms with Gasteiger partial charge in [0.25, 0.3) is 5.91 Å². The average molecular weight is 302 g/mol. The van der Waals surface area contributed by atoms with Gasteiger partial charge in [-0.25, -0.2) is 5.43 Å². The summed E-state index contributed by atoms with van der Waals surface area (Å²) < 4.78 is 0. The first-order valence-electron chi connectivity index (χ1n) is 6.28. The van der Waals surface area contributed by atoms with Gasteiger partial charge in [-0.15, -0.1) is 0 Å². The molecule has 7 nitrogen and oxygen atoms in total. The number of nitrogens with zero attached hydrogens (tertiary/aromatic N) is 1. The van der Waals surface area contributed by atoms with Gasteiger partial charge in [-0.05, 0) is 37.3 Å². The zero-order valence-electron chi connectivity index (χ0n) is 11.6. The number of hydrogen-bond acceptors (Lipinski definition) is 6. The van der Waals surface area contributed by atoms with E-state index in [2.05, 4.69) is 10.5 Å². The molecule has 5 N–H and O–H groups in total. The van der Waals surface area contributed by atoms with Gasteiger partial charge in [0.15, 0.2) is 0 Å². The van der Waals surface area contributed by atoms with Crippen LogP contribution in [-0.2, 0) is 0 Å². The number of amides is 1. The van der Waals surface area contributed by atoms with E-state index < -0.39 is 5.91 Å². The fourth-order valence-corrected chi connectivity index (χ4v) is 1.86. The molecule has 0 fully saturated rings. The molecule has 0 aliphatic carbocycles. The smallest absolute Gasteiger partial charge is 0.275 e. The Labute approximate surface area is 125 Å². The lowest BCUT2D eigenvalue weighted by Gasteiger charge is -2.07. The molecule has 0 atom stereocenters. The highest BCUT2D eigenvalue weighted by Crippen LogP contribution is 2.27. The molecule has 0 heterocycles. The van der Waals surface area contributed by atoms with Gasteiger partial charge in [0.1, 0.15) is 23.0 Å². The molecule has 0 aliphatic heterocycles. The molecule has 0 unspecified atom stereocenters. The molecule has 0 spiro atoms. The number of hydrazone groups is 1. The SMILES string of the molecule is C/C(=N\NC(=O)c1cc(O)ccc1O)c1c(O)cccc1O. The fraction of sp³-hybridized carbons (Fsp3) is 0.0667. The first kappa shape index (κ1) is 15.2. The van der Waals surface area contributed by atoms with Crippen molar-refractivity contribution in [2.75, 3.05) is 0 Å². The number of rotatable bonds is 3. The van der Waals surface area contributed by atoms with E-state index in [1.54, 1.807) is 0 Å². The number of phenols is 4. The highest BCUT2D eigenvalue weighted by molar-refractivity contribution is 6.04. The largest absolute Gasteiger partial charge is 0.508 e. The fourth-order valence-electron chi connectivity index (χ4n) is 1.86. The van der Waals surface area contributed by atoms with Crippen LogP contribution in [-0.4, -0.2) is 32.0 Å². The summed E-state index contributed by atoms with van der Waals surface area (Å²) >= 11 is 0. The molecule has 22 heavy (non-hydrogen) atoms. The van der Waals surface area contributed by atoms with Crippen molar-refractivity contribution in [2.45, 2.75) is 6.92 Å². The van der Waals surface area contributed by atoms with E-state index in [9.17, 15) is 25.2 Å². The summed E-state index contributed by atoms with van der Waals surface area (Å²) in [6.07, 6.45) is 0. The molecule has 7 heteroatoms. The second kappa shape index (κ2) is 6.04. The first-order valence-corrected chi connectivity index (χ1v) is 6.28. The second-order valence-electron chi connectivity index (χ2n) is 4.51. The van der Waals surface area contributed by atoms with Crippen LogP contribution in [0.2, 0.25) is 0 Å². The van der Waals surface area contributed by atoms with Gasteiger partial charge in [0, 0.05) is 0 Å². The van der Waals surface area contributed by atoms with Crippen molar-refractivity contribution in [3.8, 4) is 23.0 Å². The molecular formula is C15H14N2O5. The Bertz CT molecular complexity index is 735. The highest BCUT2D eigenvalue weighted by atomic mass is 16.3.